The second-order valence-electron chi connectivity index (χ2n) is 9.10. The van der Waals surface area contributed by atoms with E-state index in [1.165, 1.54) is 77.4 Å². The maximum atomic E-state index is 14.9. The van der Waals surface area contributed by atoms with Crippen LogP contribution in [-0.4, -0.2) is 41.7 Å². The van der Waals surface area contributed by atoms with Crippen molar-refractivity contribution in [3.05, 3.63) is 122 Å². The summed E-state index contributed by atoms with van der Waals surface area (Å²) < 4.78 is 32.5. The Balaban J connectivity index is 1.45. The van der Waals surface area contributed by atoms with Gasteiger partial charge in [0.1, 0.15) is 17.7 Å². The highest BCUT2D eigenvalue weighted by atomic mass is 35.5. The van der Waals surface area contributed by atoms with Crippen molar-refractivity contribution in [1.82, 2.24) is 24.0 Å². The monoisotopic (exact) mass is 579 g/mol. The number of aliphatic carboxylic acids is 1. The van der Waals surface area contributed by atoms with Gasteiger partial charge in [0, 0.05) is 25.9 Å². The number of carbonyl (C=O) groups excluding carboxylic acids is 1. The number of carboxylic acid groups (broad SMARTS) is 1. The molecule has 0 aliphatic carbocycles. The molecule has 2 aromatic heterocycles. The third-order valence-corrected chi connectivity index (χ3v) is 6.86. The van der Waals surface area contributed by atoms with Gasteiger partial charge >= 0.3 is 11.7 Å². The van der Waals surface area contributed by atoms with Crippen molar-refractivity contribution in [1.29, 1.82) is 0 Å². The van der Waals surface area contributed by atoms with Gasteiger partial charge in [0.25, 0.3) is 11.5 Å². The fourth-order valence-corrected chi connectivity index (χ4v) is 4.70. The third kappa shape index (κ3) is 5.12. The van der Waals surface area contributed by atoms with Crippen molar-refractivity contribution in [2.75, 3.05) is 0 Å². The zero-order chi connectivity index (χ0) is 29.4. The first-order valence-corrected chi connectivity index (χ1v) is 12.4. The highest BCUT2D eigenvalue weighted by Crippen LogP contribution is 2.21. The maximum Gasteiger partial charge on any atom is 0.335 e. The molecule has 41 heavy (non-hydrogen) atoms. The lowest BCUT2D eigenvalue weighted by atomic mass is 10.0. The van der Waals surface area contributed by atoms with Crippen LogP contribution >= 0.6 is 11.6 Å². The van der Waals surface area contributed by atoms with Crippen LogP contribution in [-0.2, 0) is 18.3 Å². The molecular weight excluding hydrogens is 560 g/mol. The van der Waals surface area contributed by atoms with Crippen LogP contribution in [0.2, 0.25) is 5.02 Å². The average molecular weight is 580 g/mol. The van der Waals surface area contributed by atoms with Gasteiger partial charge in [-0.2, -0.15) is 0 Å². The van der Waals surface area contributed by atoms with E-state index in [9.17, 15) is 33.1 Å². The van der Waals surface area contributed by atoms with Gasteiger partial charge in [0.15, 0.2) is 0 Å². The predicted octanol–water partition coefficient (Wildman–Crippen LogP) is 3.23. The molecule has 13 heteroatoms. The lowest BCUT2D eigenvalue weighted by Gasteiger charge is -2.16. The van der Waals surface area contributed by atoms with E-state index in [0.29, 0.717) is 5.56 Å². The average Bonchev–Trinajstić information content (AvgIpc) is 3.47. The number of benzene rings is 3. The second-order valence-corrected chi connectivity index (χ2v) is 9.51. The van der Waals surface area contributed by atoms with Gasteiger partial charge in [0.05, 0.1) is 39.2 Å². The molecule has 208 valence electrons. The van der Waals surface area contributed by atoms with E-state index >= 15 is 0 Å². The van der Waals surface area contributed by atoms with Crippen molar-refractivity contribution >= 4 is 34.4 Å². The number of hydrogen-bond donors (Lipinski definition) is 2. The normalized spacial score (nSPS) is 11.9. The predicted molar refractivity (Wildman–Crippen MR) is 146 cm³/mol. The summed E-state index contributed by atoms with van der Waals surface area (Å²) in [6.07, 6.45) is 4.19. The molecule has 0 fully saturated rings. The van der Waals surface area contributed by atoms with Crippen molar-refractivity contribution in [2.45, 2.75) is 12.5 Å². The van der Waals surface area contributed by atoms with Crippen LogP contribution < -0.4 is 16.6 Å². The van der Waals surface area contributed by atoms with E-state index in [4.69, 9.17) is 11.6 Å². The minimum atomic E-state index is -1.44. The number of hydrogen-bond acceptors (Lipinski definition) is 5. The summed E-state index contributed by atoms with van der Waals surface area (Å²) in [6, 6.07) is 10.5. The van der Waals surface area contributed by atoms with Crippen molar-refractivity contribution < 1.29 is 23.5 Å². The van der Waals surface area contributed by atoms with Crippen LogP contribution in [0.3, 0.4) is 0 Å². The summed E-state index contributed by atoms with van der Waals surface area (Å²) in [5.41, 5.74) is -0.981. The fraction of sp³-hybridized carbons (Fsp3) is 0.107. The number of rotatable bonds is 7. The molecule has 0 spiro atoms. The van der Waals surface area contributed by atoms with E-state index in [0.717, 1.165) is 16.7 Å². The Morgan fingerprint density at radius 2 is 1.80 bits per heavy atom. The van der Waals surface area contributed by atoms with Gasteiger partial charge in [-0.1, -0.05) is 29.8 Å². The standard InChI is InChI=1S/C28H20ClF2N5O5/c1-34-22-13-23(35-10-9-32-14-35)20(31)12-17(22)26(38)36(28(34)41)16-7-5-15(6-8-16)11-21(27(39)40)33-25(37)24-18(29)3-2-4-19(24)30/h2-10,12-14,21H,11H2,1H3,(H,33,37)(H,39,40)/t21-/m0/s1. The Morgan fingerprint density at radius 1 is 1.07 bits per heavy atom. The third-order valence-electron chi connectivity index (χ3n) is 6.55. The number of nitrogens with zero attached hydrogens (tertiary/aromatic N) is 4. The Kier molecular flexibility index (Phi) is 7.24. The van der Waals surface area contributed by atoms with Gasteiger partial charge in [-0.05, 0) is 42.0 Å². The SMILES string of the molecule is Cn1c(=O)n(-c2ccc(C[C@H](NC(=O)c3c(F)cccc3Cl)C(=O)O)cc2)c(=O)c2cc(F)c(-n3ccnc3)cc21. The number of amides is 1. The number of carbonyl (C=O) groups is 2. The Hall–Kier alpha value is -5.10. The van der Waals surface area contributed by atoms with E-state index in [2.05, 4.69) is 10.3 Å². The lowest BCUT2D eigenvalue weighted by molar-refractivity contribution is -0.139. The molecule has 5 rings (SSSR count). The number of aromatic nitrogens is 4. The molecule has 2 N–H and O–H groups in total. The number of imidazole rings is 1. The zero-order valence-electron chi connectivity index (χ0n) is 21.2. The van der Waals surface area contributed by atoms with Crippen molar-refractivity contribution in [2.24, 2.45) is 7.05 Å². The molecule has 2 heterocycles. The smallest absolute Gasteiger partial charge is 0.335 e. The summed E-state index contributed by atoms with van der Waals surface area (Å²) in [6.45, 7) is 0. The molecular formula is C28H20ClF2N5O5. The lowest BCUT2D eigenvalue weighted by Crippen LogP contribution is -2.42. The molecule has 0 saturated carbocycles. The summed E-state index contributed by atoms with van der Waals surface area (Å²) in [5, 5.41) is 11.7. The summed E-state index contributed by atoms with van der Waals surface area (Å²) in [5.74, 6) is -3.95. The van der Waals surface area contributed by atoms with E-state index < -0.39 is 46.4 Å². The molecule has 0 unspecified atom stereocenters. The molecule has 1 amide bonds. The van der Waals surface area contributed by atoms with Crippen LogP contribution in [0.5, 0.6) is 0 Å². The zero-order valence-corrected chi connectivity index (χ0v) is 22.0. The molecule has 0 aliphatic rings. The van der Waals surface area contributed by atoms with Gasteiger partial charge in [-0.25, -0.2) is 27.9 Å². The minimum absolute atomic E-state index is 0.0296. The Labute approximate surface area is 234 Å². The number of nitrogens with one attached hydrogen (secondary N) is 1. The Bertz CT molecular complexity index is 1920. The number of aryl methyl sites for hydroxylation is 1. The molecule has 0 radical (unpaired) electrons. The maximum absolute atomic E-state index is 14.9. The van der Waals surface area contributed by atoms with Gasteiger partial charge < -0.3 is 15.0 Å². The second kappa shape index (κ2) is 10.8. The molecule has 10 nitrogen and oxygen atoms in total. The van der Waals surface area contributed by atoms with Crippen LogP contribution in [0.15, 0.2) is 82.9 Å². The molecule has 0 saturated heterocycles. The summed E-state index contributed by atoms with van der Waals surface area (Å²) in [7, 11) is 1.45. The van der Waals surface area contributed by atoms with Crippen LogP contribution in [0, 0.1) is 11.6 Å². The summed E-state index contributed by atoms with van der Waals surface area (Å²) >= 11 is 5.91. The number of fused-ring (bicyclic) bond motifs is 1. The number of carboxylic acids is 1. The van der Waals surface area contributed by atoms with Crippen molar-refractivity contribution in [3.63, 3.8) is 0 Å². The molecule has 0 bridgehead atoms. The van der Waals surface area contributed by atoms with Crippen molar-refractivity contribution in [3.8, 4) is 11.4 Å². The van der Waals surface area contributed by atoms with E-state index in [1.54, 1.807) is 0 Å². The van der Waals surface area contributed by atoms with E-state index in [-0.39, 0.29) is 33.7 Å². The largest absolute Gasteiger partial charge is 0.480 e. The van der Waals surface area contributed by atoms with Crippen LogP contribution in [0.4, 0.5) is 8.78 Å². The molecule has 3 aromatic carbocycles. The van der Waals surface area contributed by atoms with Gasteiger partial charge in [-0.15, -0.1) is 0 Å². The van der Waals surface area contributed by atoms with Gasteiger partial charge in [0.2, 0.25) is 0 Å². The quantitative estimate of drug-likeness (QED) is 0.305. The van der Waals surface area contributed by atoms with Gasteiger partial charge in [-0.3, -0.25) is 14.2 Å². The summed E-state index contributed by atoms with van der Waals surface area (Å²) in [4.78, 5) is 54.8. The first kappa shape index (κ1) is 27.5. The first-order chi connectivity index (χ1) is 19.6. The van der Waals surface area contributed by atoms with E-state index in [1.807, 2.05) is 0 Å². The fourth-order valence-electron chi connectivity index (χ4n) is 4.45. The van der Waals surface area contributed by atoms with Crippen LogP contribution in [0.25, 0.3) is 22.3 Å². The molecule has 5 aromatic rings. The molecule has 0 aliphatic heterocycles. The van der Waals surface area contributed by atoms with Crippen LogP contribution in [0.1, 0.15) is 15.9 Å². The first-order valence-electron chi connectivity index (χ1n) is 12.1. The highest BCUT2D eigenvalue weighted by molar-refractivity contribution is 6.33. The Morgan fingerprint density at radius 3 is 2.44 bits per heavy atom. The highest BCUT2D eigenvalue weighted by Gasteiger charge is 2.24. The number of halogens is 3. The molecule has 1 atom stereocenters. The topological polar surface area (TPSA) is 128 Å². The minimum Gasteiger partial charge on any atom is -0.480 e.